The van der Waals surface area contributed by atoms with Crippen molar-refractivity contribution in [2.45, 2.75) is 33.2 Å². The van der Waals surface area contributed by atoms with E-state index in [9.17, 15) is 0 Å². The van der Waals surface area contributed by atoms with Crippen LogP contribution in [-0.4, -0.2) is 24.7 Å². The van der Waals surface area contributed by atoms with Crippen LogP contribution in [0.25, 0.3) is 0 Å². The van der Waals surface area contributed by atoms with Crippen molar-refractivity contribution in [1.29, 1.82) is 0 Å². The van der Waals surface area contributed by atoms with Gasteiger partial charge in [-0.2, -0.15) is 0 Å². The van der Waals surface area contributed by atoms with Gasteiger partial charge in [0.05, 0.1) is 11.2 Å². The van der Waals surface area contributed by atoms with E-state index in [-0.39, 0.29) is 0 Å². The zero-order valence-electron chi connectivity index (χ0n) is 9.75. The highest BCUT2D eigenvalue weighted by Gasteiger charge is 2.09. The molecule has 0 radical (unpaired) electrons. The third-order valence-corrected chi connectivity index (χ3v) is 3.41. The van der Waals surface area contributed by atoms with Gasteiger partial charge in [0.15, 0.2) is 0 Å². The van der Waals surface area contributed by atoms with Gasteiger partial charge in [-0.3, -0.25) is 0 Å². The SMILES string of the molecule is CCOCCCNC(C)c1scnc1C. The quantitative estimate of drug-likeness (QED) is 0.728. The number of aryl methyl sites for hydroxylation is 1. The predicted octanol–water partition coefficient (Wildman–Crippen LogP) is 2.53. The summed E-state index contributed by atoms with van der Waals surface area (Å²) in [6, 6.07) is 0.402. The van der Waals surface area contributed by atoms with Gasteiger partial charge >= 0.3 is 0 Å². The fourth-order valence-electron chi connectivity index (χ4n) is 1.46. The number of nitrogens with zero attached hydrogens (tertiary/aromatic N) is 1. The normalized spacial score (nSPS) is 13.0. The van der Waals surface area contributed by atoms with E-state index >= 15 is 0 Å². The molecule has 0 saturated heterocycles. The zero-order chi connectivity index (χ0) is 11.1. The van der Waals surface area contributed by atoms with Crippen LogP contribution < -0.4 is 5.32 Å². The summed E-state index contributed by atoms with van der Waals surface area (Å²) in [6.07, 6.45) is 1.07. The van der Waals surface area contributed by atoms with E-state index < -0.39 is 0 Å². The largest absolute Gasteiger partial charge is 0.382 e. The molecule has 0 aromatic carbocycles. The highest BCUT2D eigenvalue weighted by Crippen LogP contribution is 2.20. The molecule has 1 aromatic heterocycles. The summed E-state index contributed by atoms with van der Waals surface area (Å²) in [6.45, 7) is 8.92. The van der Waals surface area contributed by atoms with Gasteiger partial charge in [0, 0.05) is 24.1 Å². The molecule has 1 aromatic rings. The van der Waals surface area contributed by atoms with E-state index in [1.54, 1.807) is 11.3 Å². The van der Waals surface area contributed by atoms with Gasteiger partial charge in [0.2, 0.25) is 0 Å². The fourth-order valence-corrected chi connectivity index (χ4v) is 2.29. The first-order valence-corrected chi connectivity index (χ1v) is 6.34. The minimum atomic E-state index is 0.402. The summed E-state index contributed by atoms with van der Waals surface area (Å²) in [5, 5.41) is 3.48. The Kier molecular flexibility index (Phi) is 5.83. The third-order valence-electron chi connectivity index (χ3n) is 2.30. The lowest BCUT2D eigenvalue weighted by molar-refractivity contribution is 0.144. The van der Waals surface area contributed by atoms with Crippen LogP contribution in [0.4, 0.5) is 0 Å². The van der Waals surface area contributed by atoms with E-state index in [2.05, 4.69) is 24.1 Å². The minimum absolute atomic E-state index is 0.402. The lowest BCUT2D eigenvalue weighted by atomic mass is 10.2. The number of aromatic nitrogens is 1. The summed E-state index contributed by atoms with van der Waals surface area (Å²) in [4.78, 5) is 5.59. The molecule has 1 heterocycles. The number of thiazole rings is 1. The average molecular weight is 228 g/mol. The van der Waals surface area contributed by atoms with Gasteiger partial charge in [-0.25, -0.2) is 4.98 Å². The molecule has 0 saturated carbocycles. The zero-order valence-corrected chi connectivity index (χ0v) is 10.6. The van der Waals surface area contributed by atoms with Crippen LogP contribution in [0.1, 0.15) is 36.9 Å². The minimum Gasteiger partial charge on any atom is -0.382 e. The predicted molar refractivity (Wildman–Crippen MR) is 64.4 cm³/mol. The van der Waals surface area contributed by atoms with E-state index in [0.717, 1.165) is 31.9 Å². The molecule has 86 valence electrons. The van der Waals surface area contributed by atoms with Gasteiger partial charge < -0.3 is 10.1 Å². The fraction of sp³-hybridized carbons (Fsp3) is 0.727. The van der Waals surface area contributed by atoms with Crippen molar-refractivity contribution in [3.8, 4) is 0 Å². The molecule has 0 spiro atoms. The van der Waals surface area contributed by atoms with Crippen molar-refractivity contribution in [3.63, 3.8) is 0 Å². The molecule has 0 bridgehead atoms. The van der Waals surface area contributed by atoms with Gasteiger partial charge in [-0.05, 0) is 33.7 Å². The highest BCUT2D eigenvalue weighted by molar-refractivity contribution is 7.09. The van der Waals surface area contributed by atoms with Crippen LogP contribution in [0.5, 0.6) is 0 Å². The Hall–Kier alpha value is -0.450. The topological polar surface area (TPSA) is 34.1 Å². The van der Waals surface area contributed by atoms with E-state index in [4.69, 9.17) is 4.74 Å². The van der Waals surface area contributed by atoms with Gasteiger partial charge in [0.25, 0.3) is 0 Å². The molecule has 1 atom stereocenters. The summed E-state index contributed by atoms with van der Waals surface area (Å²) in [7, 11) is 0. The molecular formula is C11H20N2OS. The molecule has 1 N–H and O–H groups in total. The maximum Gasteiger partial charge on any atom is 0.0798 e. The van der Waals surface area contributed by atoms with E-state index in [1.807, 2.05) is 12.4 Å². The van der Waals surface area contributed by atoms with Crippen molar-refractivity contribution >= 4 is 11.3 Å². The smallest absolute Gasteiger partial charge is 0.0798 e. The maximum atomic E-state index is 5.28. The average Bonchev–Trinajstić information content (AvgIpc) is 2.64. The van der Waals surface area contributed by atoms with Crippen molar-refractivity contribution in [3.05, 3.63) is 16.1 Å². The molecule has 0 amide bonds. The molecule has 0 fully saturated rings. The van der Waals surface area contributed by atoms with Crippen LogP contribution in [0.2, 0.25) is 0 Å². The van der Waals surface area contributed by atoms with Crippen molar-refractivity contribution < 1.29 is 4.74 Å². The lowest BCUT2D eigenvalue weighted by Gasteiger charge is -2.12. The molecule has 0 aliphatic heterocycles. The van der Waals surface area contributed by atoms with Crippen LogP contribution in [0.15, 0.2) is 5.51 Å². The number of nitrogens with one attached hydrogen (secondary N) is 1. The van der Waals surface area contributed by atoms with Crippen LogP contribution in [0.3, 0.4) is 0 Å². The Balaban J connectivity index is 2.19. The number of ether oxygens (including phenoxy) is 1. The van der Waals surface area contributed by atoms with Crippen LogP contribution in [-0.2, 0) is 4.74 Å². The third kappa shape index (κ3) is 4.28. The Labute approximate surface area is 95.9 Å². The standard InChI is InChI=1S/C11H20N2OS/c1-4-14-7-5-6-12-9(2)11-10(3)13-8-15-11/h8-9,12H,4-7H2,1-3H3. The Morgan fingerprint density at radius 1 is 1.60 bits per heavy atom. The maximum absolute atomic E-state index is 5.28. The van der Waals surface area contributed by atoms with Gasteiger partial charge in [-0.1, -0.05) is 0 Å². The van der Waals surface area contributed by atoms with Crippen LogP contribution in [0, 0.1) is 6.92 Å². The molecule has 15 heavy (non-hydrogen) atoms. The summed E-state index contributed by atoms with van der Waals surface area (Å²) >= 11 is 1.72. The molecule has 1 rings (SSSR count). The number of hydrogen-bond acceptors (Lipinski definition) is 4. The number of rotatable bonds is 7. The van der Waals surface area contributed by atoms with Crippen LogP contribution >= 0.6 is 11.3 Å². The molecule has 0 aliphatic carbocycles. The summed E-state index contributed by atoms with van der Waals surface area (Å²) in [5.41, 5.74) is 3.05. The second-order valence-electron chi connectivity index (χ2n) is 3.53. The Bertz CT molecular complexity index is 275. The lowest BCUT2D eigenvalue weighted by Crippen LogP contribution is -2.20. The van der Waals surface area contributed by atoms with Crippen molar-refractivity contribution in [1.82, 2.24) is 10.3 Å². The van der Waals surface area contributed by atoms with Crippen molar-refractivity contribution in [2.75, 3.05) is 19.8 Å². The first-order valence-electron chi connectivity index (χ1n) is 5.46. The first kappa shape index (κ1) is 12.6. The Morgan fingerprint density at radius 3 is 3.00 bits per heavy atom. The van der Waals surface area contributed by atoms with E-state index in [1.165, 1.54) is 4.88 Å². The molecule has 3 nitrogen and oxygen atoms in total. The summed E-state index contributed by atoms with van der Waals surface area (Å²) in [5.74, 6) is 0. The monoisotopic (exact) mass is 228 g/mol. The van der Waals surface area contributed by atoms with Crippen molar-refractivity contribution in [2.24, 2.45) is 0 Å². The molecule has 4 heteroatoms. The Morgan fingerprint density at radius 2 is 2.40 bits per heavy atom. The second kappa shape index (κ2) is 6.93. The first-order chi connectivity index (χ1) is 7.25. The van der Waals surface area contributed by atoms with E-state index in [0.29, 0.717) is 6.04 Å². The highest BCUT2D eigenvalue weighted by atomic mass is 32.1. The molecule has 1 unspecified atom stereocenters. The molecular weight excluding hydrogens is 208 g/mol. The number of hydrogen-bond donors (Lipinski definition) is 1. The van der Waals surface area contributed by atoms with Gasteiger partial charge in [-0.15, -0.1) is 11.3 Å². The molecule has 0 aliphatic rings. The summed E-state index contributed by atoms with van der Waals surface area (Å²) < 4.78 is 5.28. The van der Waals surface area contributed by atoms with Gasteiger partial charge in [0.1, 0.15) is 0 Å². The second-order valence-corrected chi connectivity index (χ2v) is 4.41.